The Morgan fingerprint density at radius 1 is 1.03 bits per heavy atom. The Labute approximate surface area is 189 Å². The van der Waals surface area contributed by atoms with Gasteiger partial charge >= 0.3 is 0 Å². The summed E-state index contributed by atoms with van der Waals surface area (Å²) in [4.78, 5) is 26.9. The van der Waals surface area contributed by atoms with E-state index in [2.05, 4.69) is 15.1 Å². The minimum Gasteiger partial charge on any atom is -0.497 e. The zero-order valence-corrected chi connectivity index (χ0v) is 18.0. The third-order valence-electron chi connectivity index (χ3n) is 5.32. The van der Waals surface area contributed by atoms with E-state index in [9.17, 15) is 14.9 Å². The largest absolute Gasteiger partial charge is 0.497 e. The van der Waals surface area contributed by atoms with E-state index in [4.69, 9.17) is 16.3 Å². The Morgan fingerprint density at radius 3 is 2.31 bits per heavy atom. The van der Waals surface area contributed by atoms with Crippen LogP contribution < -0.4 is 9.64 Å². The van der Waals surface area contributed by atoms with Crippen molar-refractivity contribution in [2.24, 2.45) is 0 Å². The number of piperazine rings is 1. The summed E-state index contributed by atoms with van der Waals surface area (Å²) in [5.41, 5.74) is 1.82. The van der Waals surface area contributed by atoms with Gasteiger partial charge in [-0.1, -0.05) is 11.6 Å². The summed E-state index contributed by atoms with van der Waals surface area (Å²) >= 11 is 6.11. The van der Waals surface area contributed by atoms with Crippen LogP contribution in [0.2, 0.25) is 5.02 Å². The van der Waals surface area contributed by atoms with Crippen LogP contribution in [0.4, 0.5) is 11.5 Å². The highest BCUT2D eigenvalue weighted by atomic mass is 35.5. The van der Waals surface area contributed by atoms with E-state index in [1.807, 2.05) is 36.4 Å². The molecular weight excluding hydrogens is 434 g/mol. The van der Waals surface area contributed by atoms with Crippen molar-refractivity contribution < 1.29 is 14.5 Å². The van der Waals surface area contributed by atoms with Crippen molar-refractivity contribution in [2.75, 3.05) is 38.2 Å². The lowest BCUT2D eigenvalue weighted by Crippen LogP contribution is -2.49. The lowest BCUT2D eigenvalue weighted by atomic mass is 10.1. The van der Waals surface area contributed by atoms with Gasteiger partial charge in [0.05, 0.1) is 28.3 Å². The van der Waals surface area contributed by atoms with Gasteiger partial charge < -0.3 is 14.5 Å². The Balaban J connectivity index is 1.39. The Morgan fingerprint density at radius 2 is 1.75 bits per heavy atom. The second-order valence-electron chi connectivity index (χ2n) is 7.21. The van der Waals surface area contributed by atoms with E-state index in [1.54, 1.807) is 12.0 Å². The average Bonchev–Trinajstić information content (AvgIpc) is 2.84. The fourth-order valence-electron chi connectivity index (χ4n) is 3.51. The number of non-ortho nitro benzene ring substituents is 1. The standard InChI is InChI=1S/C22H20ClN5O4/c1-32-17-5-2-15(3-6-17)20-8-9-21(25-24-20)26-10-12-27(13-11-26)22(29)18-7-4-16(28(30)31)14-19(18)23/h2-9,14H,10-13H2,1H3. The van der Waals surface area contributed by atoms with Crippen molar-refractivity contribution in [1.82, 2.24) is 15.1 Å². The number of aromatic nitrogens is 2. The van der Waals surface area contributed by atoms with Gasteiger partial charge in [-0.2, -0.15) is 0 Å². The number of rotatable bonds is 5. The first kappa shape index (κ1) is 21.5. The second-order valence-corrected chi connectivity index (χ2v) is 7.61. The van der Waals surface area contributed by atoms with E-state index < -0.39 is 4.92 Å². The summed E-state index contributed by atoms with van der Waals surface area (Å²) < 4.78 is 5.17. The summed E-state index contributed by atoms with van der Waals surface area (Å²) in [5, 5.41) is 19.6. The maximum atomic E-state index is 12.8. The van der Waals surface area contributed by atoms with E-state index in [0.717, 1.165) is 22.8 Å². The molecule has 32 heavy (non-hydrogen) atoms. The first-order chi connectivity index (χ1) is 15.5. The van der Waals surface area contributed by atoms with Crippen LogP contribution in [-0.4, -0.2) is 59.2 Å². The minimum absolute atomic E-state index is 0.0756. The van der Waals surface area contributed by atoms with Gasteiger partial charge in [-0.05, 0) is 42.5 Å². The number of methoxy groups -OCH3 is 1. The van der Waals surface area contributed by atoms with Crippen LogP contribution >= 0.6 is 11.6 Å². The molecule has 9 nitrogen and oxygen atoms in total. The number of carbonyl (C=O) groups excluding carboxylic acids is 1. The highest BCUT2D eigenvalue weighted by Gasteiger charge is 2.25. The molecular formula is C22H20ClN5O4. The molecule has 3 aromatic rings. The Bertz CT molecular complexity index is 1130. The summed E-state index contributed by atoms with van der Waals surface area (Å²) in [7, 11) is 1.62. The van der Waals surface area contributed by atoms with Crippen LogP contribution in [-0.2, 0) is 0 Å². The Kier molecular flexibility index (Phi) is 6.18. The quantitative estimate of drug-likeness (QED) is 0.429. The molecule has 0 unspecified atom stereocenters. The zero-order valence-electron chi connectivity index (χ0n) is 17.3. The van der Waals surface area contributed by atoms with Gasteiger partial charge in [0.1, 0.15) is 5.75 Å². The van der Waals surface area contributed by atoms with Crippen LogP contribution in [0.15, 0.2) is 54.6 Å². The fourth-order valence-corrected chi connectivity index (χ4v) is 3.77. The molecule has 1 amide bonds. The first-order valence-corrected chi connectivity index (χ1v) is 10.3. The molecule has 1 saturated heterocycles. The predicted molar refractivity (Wildman–Crippen MR) is 120 cm³/mol. The number of nitrogens with zero attached hydrogens (tertiary/aromatic N) is 5. The van der Waals surface area contributed by atoms with Crippen molar-refractivity contribution in [3.8, 4) is 17.0 Å². The number of hydrogen-bond donors (Lipinski definition) is 0. The number of benzene rings is 2. The van der Waals surface area contributed by atoms with Crippen molar-refractivity contribution in [3.63, 3.8) is 0 Å². The molecule has 0 aliphatic carbocycles. The number of anilines is 1. The van der Waals surface area contributed by atoms with Crippen LogP contribution in [0.3, 0.4) is 0 Å². The van der Waals surface area contributed by atoms with Gasteiger partial charge in [0.15, 0.2) is 5.82 Å². The number of halogens is 1. The summed E-state index contributed by atoms with van der Waals surface area (Å²) in [6.45, 7) is 2.14. The summed E-state index contributed by atoms with van der Waals surface area (Å²) in [5.74, 6) is 1.27. The zero-order chi connectivity index (χ0) is 22.7. The monoisotopic (exact) mass is 453 g/mol. The van der Waals surface area contributed by atoms with Gasteiger partial charge in [0, 0.05) is 43.9 Å². The normalized spacial score (nSPS) is 13.7. The lowest BCUT2D eigenvalue weighted by molar-refractivity contribution is -0.384. The molecule has 1 aliphatic rings. The van der Waals surface area contributed by atoms with Crippen molar-refractivity contribution in [3.05, 3.63) is 75.3 Å². The number of amides is 1. The molecule has 0 spiro atoms. The van der Waals surface area contributed by atoms with Crippen LogP contribution in [0.1, 0.15) is 10.4 Å². The van der Waals surface area contributed by atoms with Gasteiger partial charge in [-0.3, -0.25) is 14.9 Å². The third kappa shape index (κ3) is 4.47. The molecule has 0 radical (unpaired) electrons. The molecule has 0 atom stereocenters. The van der Waals surface area contributed by atoms with Crippen molar-refractivity contribution in [1.29, 1.82) is 0 Å². The van der Waals surface area contributed by atoms with Gasteiger partial charge in [-0.25, -0.2) is 0 Å². The highest BCUT2D eigenvalue weighted by Crippen LogP contribution is 2.25. The molecule has 2 aromatic carbocycles. The predicted octanol–water partition coefficient (Wildman–Crippen LogP) is 3.68. The van der Waals surface area contributed by atoms with E-state index in [1.165, 1.54) is 18.2 Å². The maximum absolute atomic E-state index is 12.8. The van der Waals surface area contributed by atoms with E-state index in [0.29, 0.717) is 26.2 Å². The number of ether oxygens (including phenoxy) is 1. The van der Waals surface area contributed by atoms with Crippen LogP contribution in [0, 0.1) is 10.1 Å². The van der Waals surface area contributed by atoms with Gasteiger partial charge in [0.2, 0.25) is 0 Å². The summed E-state index contributed by atoms with van der Waals surface area (Å²) in [6.07, 6.45) is 0. The van der Waals surface area contributed by atoms with Crippen LogP contribution in [0.5, 0.6) is 5.75 Å². The van der Waals surface area contributed by atoms with Gasteiger partial charge in [0.25, 0.3) is 11.6 Å². The van der Waals surface area contributed by atoms with Crippen molar-refractivity contribution >= 4 is 29.0 Å². The maximum Gasteiger partial charge on any atom is 0.270 e. The molecule has 4 rings (SSSR count). The first-order valence-electron chi connectivity index (χ1n) is 9.92. The van der Waals surface area contributed by atoms with Crippen molar-refractivity contribution in [2.45, 2.75) is 0 Å². The molecule has 0 N–H and O–H groups in total. The number of nitro benzene ring substituents is 1. The van der Waals surface area contributed by atoms with E-state index >= 15 is 0 Å². The Hall–Kier alpha value is -3.72. The molecule has 0 bridgehead atoms. The smallest absolute Gasteiger partial charge is 0.270 e. The molecule has 1 fully saturated rings. The third-order valence-corrected chi connectivity index (χ3v) is 5.63. The number of nitro groups is 1. The molecule has 164 valence electrons. The van der Waals surface area contributed by atoms with Crippen LogP contribution in [0.25, 0.3) is 11.3 Å². The fraction of sp³-hybridized carbons (Fsp3) is 0.227. The molecule has 10 heteroatoms. The molecule has 1 aromatic heterocycles. The minimum atomic E-state index is -0.542. The molecule has 1 aliphatic heterocycles. The molecule has 0 saturated carbocycles. The topological polar surface area (TPSA) is 102 Å². The highest BCUT2D eigenvalue weighted by molar-refractivity contribution is 6.34. The lowest BCUT2D eigenvalue weighted by Gasteiger charge is -2.35. The number of carbonyl (C=O) groups is 1. The number of hydrogen-bond acceptors (Lipinski definition) is 7. The van der Waals surface area contributed by atoms with Gasteiger partial charge in [-0.15, -0.1) is 10.2 Å². The summed E-state index contributed by atoms with van der Waals surface area (Å²) in [6, 6.07) is 15.3. The SMILES string of the molecule is COc1ccc(-c2ccc(N3CCN(C(=O)c4ccc([N+](=O)[O-])cc4Cl)CC3)nn2)cc1. The average molecular weight is 454 g/mol. The molecule has 2 heterocycles. The van der Waals surface area contributed by atoms with E-state index in [-0.39, 0.29) is 22.2 Å². The second kappa shape index (κ2) is 9.19.